The normalized spacial score (nSPS) is 13.0. The van der Waals surface area contributed by atoms with E-state index in [1.807, 2.05) is 6.92 Å². The molecule has 0 aliphatic carbocycles. The van der Waals surface area contributed by atoms with E-state index >= 15 is 0 Å². The Balaban J connectivity index is 3.94. The molecule has 0 aliphatic heterocycles. The lowest BCUT2D eigenvalue weighted by molar-refractivity contribution is 0.268. The molecule has 100 valence electrons. The topological polar surface area (TPSA) is 12.0 Å². The summed E-state index contributed by atoms with van der Waals surface area (Å²) in [5.41, 5.74) is 2.92. The summed E-state index contributed by atoms with van der Waals surface area (Å²) in [7, 11) is 0. The van der Waals surface area contributed by atoms with E-state index in [-0.39, 0.29) is 0 Å². The van der Waals surface area contributed by atoms with Gasteiger partial charge in [0, 0.05) is 12.2 Å². The van der Waals surface area contributed by atoms with E-state index in [1.54, 1.807) is 0 Å². The molecule has 0 aromatic carbocycles. The fourth-order valence-electron chi connectivity index (χ4n) is 2.28. The molecule has 0 aromatic heterocycles. The van der Waals surface area contributed by atoms with Crippen molar-refractivity contribution in [1.29, 1.82) is 0 Å². The van der Waals surface area contributed by atoms with Gasteiger partial charge in [-0.2, -0.15) is 0 Å². The second-order valence-corrected chi connectivity index (χ2v) is 6.49. The van der Waals surface area contributed by atoms with Crippen molar-refractivity contribution in [2.75, 3.05) is 6.54 Å². The fraction of sp³-hybridized carbons (Fsp3) is 0.750. The predicted molar refractivity (Wildman–Crippen MR) is 79.0 cm³/mol. The van der Waals surface area contributed by atoms with E-state index in [0.717, 1.165) is 18.2 Å². The van der Waals surface area contributed by atoms with Gasteiger partial charge in [0.1, 0.15) is 0 Å². The van der Waals surface area contributed by atoms with Gasteiger partial charge in [0.2, 0.25) is 0 Å². The molecule has 0 radical (unpaired) electrons. The number of hydrogen-bond acceptors (Lipinski definition) is 1. The molecule has 0 saturated heterocycles. The highest BCUT2D eigenvalue weighted by molar-refractivity contribution is 5.03. The Morgan fingerprint density at radius 1 is 1.29 bits per heavy atom. The summed E-state index contributed by atoms with van der Waals surface area (Å²) in [6.07, 6.45) is 6.13. The molecule has 0 rings (SSSR count). The number of rotatable bonds is 8. The summed E-state index contributed by atoms with van der Waals surface area (Å²) in [6, 6.07) is 0. The van der Waals surface area contributed by atoms with Crippen LogP contribution in [-0.2, 0) is 0 Å². The van der Waals surface area contributed by atoms with Crippen LogP contribution in [-0.4, -0.2) is 6.54 Å². The summed E-state index contributed by atoms with van der Waals surface area (Å²) in [6.45, 7) is 18.3. The average Bonchev–Trinajstić information content (AvgIpc) is 2.12. The van der Waals surface area contributed by atoms with E-state index in [1.165, 1.54) is 24.8 Å². The molecule has 17 heavy (non-hydrogen) atoms. The molecule has 0 fully saturated rings. The third-order valence-electron chi connectivity index (χ3n) is 2.94. The number of hydrogen-bond donors (Lipinski definition) is 1. The lowest BCUT2D eigenvalue weighted by Crippen LogP contribution is -2.15. The van der Waals surface area contributed by atoms with E-state index < -0.39 is 0 Å². The Morgan fingerprint density at radius 3 is 2.35 bits per heavy atom. The van der Waals surface area contributed by atoms with Crippen LogP contribution in [0.4, 0.5) is 0 Å². The van der Waals surface area contributed by atoms with Crippen molar-refractivity contribution < 1.29 is 0 Å². The third-order valence-corrected chi connectivity index (χ3v) is 2.94. The first-order valence-electron chi connectivity index (χ1n) is 6.78. The first-order valence-corrected chi connectivity index (χ1v) is 6.78. The molecule has 0 bridgehead atoms. The molecule has 0 heterocycles. The molecule has 0 saturated carbocycles. The maximum atomic E-state index is 3.84. The van der Waals surface area contributed by atoms with Crippen molar-refractivity contribution in [3.63, 3.8) is 0 Å². The van der Waals surface area contributed by atoms with Gasteiger partial charge in [-0.05, 0) is 44.4 Å². The van der Waals surface area contributed by atoms with Crippen LogP contribution in [0.15, 0.2) is 23.9 Å². The lowest BCUT2D eigenvalue weighted by atomic mass is 9.80. The van der Waals surface area contributed by atoms with Gasteiger partial charge in [0.05, 0.1) is 0 Å². The van der Waals surface area contributed by atoms with Crippen LogP contribution in [0.1, 0.15) is 60.8 Å². The predicted octanol–water partition coefficient (Wildman–Crippen LogP) is 4.91. The van der Waals surface area contributed by atoms with Crippen LogP contribution in [0.5, 0.6) is 0 Å². The van der Waals surface area contributed by atoms with Gasteiger partial charge in [0.15, 0.2) is 0 Å². The monoisotopic (exact) mass is 237 g/mol. The number of allylic oxidation sites excluding steroid dienone is 2. The molecule has 1 N–H and O–H groups in total. The zero-order valence-electron chi connectivity index (χ0n) is 12.7. The SMILES string of the molecule is C=C(C)NCC(C)=CCCC(C)(C)CC(C)C. The Labute approximate surface area is 108 Å². The average molecular weight is 237 g/mol. The van der Waals surface area contributed by atoms with Crippen LogP contribution < -0.4 is 5.32 Å². The van der Waals surface area contributed by atoms with E-state index in [0.29, 0.717) is 5.41 Å². The van der Waals surface area contributed by atoms with Crippen molar-refractivity contribution in [2.24, 2.45) is 11.3 Å². The Hall–Kier alpha value is -0.720. The van der Waals surface area contributed by atoms with Crippen molar-refractivity contribution in [2.45, 2.75) is 60.8 Å². The van der Waals surface area contributed by atoms with E-state index in [4.69, 9.17) is 0 Å². The highest BCUT2D eigenvalue weighted by Gasteiger charge is 2.18. The zero-order valence-corrected chi connectivity index (χ0v) is 12.7. The maximum Gasteiger partial charge on any atom is 0.0354 e. The molecule has 0 aliphatic rings. The molecule has 0 atom stereocenters. The zero-order chi connectivity index (χ0) is 13.5. The van der Waals surface area contributed by atoms with Gasteiger partial charge in [-0.25, -0.2) is 0 Å². The summed E-state index contributed by atoms with van der Waals surface area (Å²) in [5, 5.41) is 3.26. The summed E-state index contributed by atoms with van der Waals surface area (Å²) < 4.78 is 0. The van der Waals surface area contributed by atoms with Crippen molar-refractivity contribution in [3.8, 4) is 0 Å². The molecule has 0 spiro atoms. The summed E-state index contributed by atoms with van der Waals surface area (Å²) in [4.78, 5) is 0. The highest BCUT2D eigenvalue weighted by Crippen LogP contribution is 2.30. The Morgan fingerprint density at radius 2 is 1.88 bits per heavy atom. The van der Waals surface area contributed by atoms with Gasteiger partial charge < -0.3 is 5.32 Å². The van der Waals surface area contributed by atoms with Gasteiger partial charge in [-0.3, -0.25) is 0 Å². The largest absolute Gasteiger partial charge is 0.385 e. The van der Waals surface area contributed by atoms with Crippen LogP contribution in [0.2, 0.25) is 0 Å². The third kappa shape index (κ3) is 10.2. The lowest BCUT2D eigenvalue weighted by Gasteiger charge is -2.26. The highest BCUT2D eigenvalue weighted by atomic mass is 14.9. The molecule has 0 aromatic rings. The van der Waals surface area contributed by atoms with Crippen molar-refractivity contribution >= 4 is 0 Å². The fourth-order valence-corrected chi connectivity index (χ4v) is 2.28. The first kappa shape index (κ1) is 16.3. The molecular formula is C16H31N. The molecule has 1 nitrogen and oxygen atoms in total. The minimum absolute atomic E-state index is 0.465. The second-order valence-electron chi connectivity index (χ2n) is 6.49. The van der Waals surface area contributed by atoms with Crippen LogP contribution in [0, 0.1) is 11.3 Å². The molecule has 0 amide bonds. The summed E-state index contributed by atoms with van der Waals surface area (Å²) in [5.74, 6) is 0.792. The minimum Gasteiger partial charge on any atom is -0.385 e. The van der Waals surface area contributed by atoms with Gasteiger partial charge in [0.25, 0.3) is 0 Å². The quantitative estimate of drug-likeness (QED) is 0.592. The van der Waals surface area contributed by atoms with Crippen LogP contribution in [0.25, 0.3) is 0 Å². The maximum absolute atomic E-state index is 3.84. The number of nitrogens with one attached hydrogen (secondary N) is 1. The van der Waals surface area contributed by atoms with Crippen LogP contribution in [0.3, 0.4) is 0 Å². The second kappa shape index (κ2) is 7.58. The van der Waals surface area contributed by atoms with Gasteiger partial charge in [-0.1, -0.05) is 45.9 Å². The van der Waals surface area contributed by atoms with Gasteiger partial charge >= 0.3 is 0 Å². The first-order chi connectivity index (χ1) is 7.73. The Bertz CT molecular complexity index is 259. The molecule has 1 heteroatoms. The molecular weight excluding hydrogens is 206 g/mol. The summed E-state index contributed by atoms with van der Waals surface area (Å²) >= 11 is 0. The minimum atomic E-state index is 0.465. The van der Waals surface area contributed by atoms with Gasteiger partial charge in [-0.15, -0.1) is 0 Å². The van der Waals surface area contributed by atoms with Crippen molar-refractivity contribution in [1.82, 2.24) is 5.32 Å². The standard InChI is InChI=1S/C16H31N/c1-13(2)11-16(6,7)10-8-9-15(5)12-17-14(3)4/h9,13,17H,3,8,10-12H2,1-2,4-7H3. The smallest absolute Gasteiger partial charge is 0.0354 e. The Kier molecular flexibility index (Phi) is 7.26. The van der Waals surface area contributed by atoms with E-state index in [2.05, 4.69) is 52.6 Å². The van der Waals surface area contributed by atoms with E-state index in [9.17, 15) is 0 Å². The molecule has 0 unspecified atom stereocenters. The van der Waals surface area contributed by atoms with Crippen LogP contribution >= 0.6 is 0 Å². The van der Waals surface area contributed by atoms with Crippen molar-refractivity contribution in [3.05, 3.63) is 23.9 Å².